The molecule has 0 aliphatic rings. The molecule has 0 saturated carbocycles. The fourth-order valence-electron chi connectivity index (χ4n) is 0.881. The van der Waals surface area contributed by atoms with E-state index >= 15 is 0 Å². The van der Waals surface area contributed by atoms with Crippen LogP contribution < -0.4 is 0 Å². The third-order valence-corrected chi connectivity index (χ3v) is 2.46. The van der Waals surface area contributed by atoms with Crippen molar-refractivity contribution in [2.24, 2.45) is 0 Å². The summed E-state index contributed by atoms with van der Waals surface area (Å²) >= 11 is 1.46. The van der Waals surface area contributed by atoms with E-state index < -0.39 is 5.97 Å². The van der Waals surface area contributed by atoms with E-state index in [-0.39, 0.29) is 12.3 Å². The van der Waals surface area contributed by atoms with Crippen LogP contribution in [-0.4, -0.2) is 35.5 Å². The lowest BCUT2D eigenvalue weighted by molar-refractivity contribution is 0.0593. The van der Waals surface area contributed by atoms with E-state index in [4.69, 9.17) is 5.11 Å². The van der Waals surface area contributed by atoms with Gasteiger partial charge >= 0.3 is 5.97 Å². The first-order valence-corrected chi connectivity index (χ1v) is 5.04. The van der Waals surface area contributed by atoms with Gasteiger partial charge in [-0.15, -0.1) is 11.8 Å². The molecule has 0 spiro atoms. The van der Waals surface area contributed by atoms with E-state index in [9.17, 15) is 4.79 Å². The zero-order chi connectivity index (χ0) is 10.4. The summed E-state index contributed by atoms with van der Waals surface area (Å²) in [6.07, 6.45) is 1.55. The first-order valence-electron chi connectivity index (χ1n) is 4.06. The van der Waals surface area contributed by atoms with Crippen LogP contribution in [-0.2, 0) is 4.74 Å². The van der Waals surface area contributed by atoms with Crippen molar-refractivity contribution < 1.29 is 14.6 Å². The predicted octanol–water partition coefficient (Wildman–Crippen LogP) is 0.953. The molecule has 4 nitrogen and oxygen atoms in total. The van der Waals surface area contributed by atoms with Crippen LogP contribution in [0.3, 0.4) is 0 Å². The number of pyridine rings is 1. The number of esters is 1. The van der Waals surface area contributed by atoms with E-state index in [0.29, 0.717) is 5.75 Å². The Morgan fingerprint density at radius 1 is 1.71 bits per heavy atom. The second-order valence-corrected chi connectivity index (χ2v) is 3.61. The lowest BCUT2D eigenvalue weighted by Crippen LogP contribution is -2.03. The van der Waals surface area contributed by atoms with Gasteiger partial charge in [0.15, 0.2) is 0 Å². The molecular formula is C9H11NO3S. The molecule has 0 aromatic carbocycles. The molecule has 76 valence electrons. The lowest BCUT2D eigenvalue weighted by Gasteiger charge is -2.01. The van der Waals surface area contributed by atoms with Crippen molar-refractivity contribution in [1.29, 1.82) is 0 Å². The van der Waals surface area contributed by atoms with Crippen LogP contribution in [0.1, 0.15) is 10.5 Å². The van der Waals surface area contributed by atoms with Gasteiger partial charge in [0.25, 0.3) is 0 Å². The fourth-order valence-corrected chi connectivity index (χ4v) is 1.56. The molecule has 0 bridgehead atoms. The second kappa shape index (κ2) is 5.62. The van der Waals surface area contributed by atoms with Gasteiger partial charge in [0.1, 0.15) is 5.69 Å². The Bertz CT molecular complexity index is 317. The number of carbonyl (C=O) groups excluding carboxylic acids is 1. The normalized spacial score (nSPS) is 9.86. The van der Waals surface area contributed by atoms with Gasteiger partial charge < -0.3 is 9.84 Å². The maximum absolute atomic E-state index is 11.1. The molecule has 0 aliphatic carbocycles. The number of hydrogen-bond acceptors (Lipinski definition) is 5. The average Bonchev–Trinajstić information content (AvgIpc) is 2.25. The number of hydrogen-bond donors (Lipinski definition) is 1. The molecule has 0 unspecified atom stereocenters. The highest BCUT2D eigenvalue weighted by molar-refractivity contribution is 7.99. The molecule has 0 amide bonds. The van der Waals surface area contributed by atoms with Crippen molar-refractivity contribution in [3.05, 3.63) is 24.0 Å². The van der Waals surface area contributed by atoms with Gasteiger partial charge in [0.05, 0.1) is 13.7 Å². The highest BCUT2D eigenvalue weighted by Crippen LogP contribution is 2.17. The minimum absolute atomic E-state index is 0.112. The third-order valence-electron chi connectivity index (χ3n) is 1.49. The van der Waals surface area contributed by atoms with E-state index in [0.717, 1.165) is 4.90 Å². The number of ether oxygens (including phenoxy) is 1. The molecular weight excluding hydrogens is 202 g/mol. The zero-order valence-electron chi connectivity index (χ0n) is 7.77. The van der Waals surface area contributed by atoms with Crippen LogP contribution in [0.2, 0.25) is 0 Å². The molecule has 0 saturated heterocycles. The summed E-state index contributed by atoms with van der Waals surface area (Å²) in [6.45, 7) is 0.112. The standard InChI is InChI=1S/C9H11NO3S/c1-13-9(12)8-6-7(2-3-10-8)14-5-4-11/h2-3,6,11H,4-5H2,1H3. The molecule has 1 aromatic rings. The number of carbonyl (C=O) groups is 1. The molecule has 0 fully saturated rings. The maximum atomic E-state index is 11.1. The van der Waals surface area contributed by atoms with Crippen molar-refractivity contribution in [2.75, 3.05) is 19.5 Å². The summed E-state index contributed by atoms with van der Waals surface area (Å²) < 4.78 is 4.54. The first kappa shape index (κ1) is 11.0. The number of aliphatic hydroxyl groups is 1. The first-order chi connectivity index (χ1) is 6.77. The summed E-state index contributed by atoms with van der Waals surface area (Å²) in [5.74, 6) is 0.154. The smallest absolute Gasteiger partial charge is 0.356 e. The van der Waals surface area contributed by atoms with Crippen LogP contribution in [0, 0.1) is 0 Å². The van der Waals surface area contributed by atoms with Gasteiger partial charge in [-0.1, -0.05) is 0 Å². The number of rotatable bonds is 4. The topological polar surface area (TPSA) is 59.4 Å². The molecule has 1 N–H and O–H groups in total. The summed E-state index contributed by atoms with van der Waals surface area (Å²) in [6, 6.07) is 3.43. The van der Waals surface area contributed by atoms with Gasteiger partial charge in [-0.3, -0.25) is 0 Å². The number of methoxy groups -OCH3 is 1. The van der Waals surface area contributed by atoms with Gasteiger partial charge in [-0.2, -0.15) is 0 Å². The number of aromatic nitrogens is 1. The van der Waals surface area contributed by atoms with E-state index in [2.05, 4.69) is 9.72 Å². The van der Waals surface area contributed by atoms with Gasteiger partial charge in [0.2, 0.25) is 0 Å². The Hall–Kier alpha value is -1.07. The van der Waals surface area contributed by atoms with Crippen molar-refractivity contribution in [1.82, 2.24) is 4.98 Å². The highest BCUT2D eigenvalue weighted by atomic mass is 32.2. The van der Waals surface area contributed by atoms with Crippen molar-refractivity contribution in [3.63, 3.8) is 0 Å². The quantitative estimate of drug-likeness (QED) is 0.596. The molecule has 1 aromatic heterocycles. The molecule has 0 radical (unpaired) electrons. The van der Waals surface area contributed by atoms with Gasteiger partial charge in [-0.05, 0) is 12.1 Å². The SMILES string of the molecule is COC(=O)c1cc(SCCO)ccn1. The minimum atomic E-state index is -0.448. The number of aliphatic hydroxyl groups excluding tert-OH is 1. The van der Waals surface area contributed by atoms with Gasteiger partial charge in [-0.25, -0.2) is 9.78 Å². The highest BCUT2D eigenvalue weighted by Gasteiger charge is 2.07. The predicted molar refractivity (Wildman–Crippen MR) is 53.4 cm³/mol. The Labute approximate surface area is 86.3 Å². The van der Waals surface area contributed by atoms with Crippen LogP contribution in [0.15, 0.2) is 23.2 Å². The third kappa shape index (κ3) is 3.01. The minimum Gasteiger partial charge on any atom is -0.464 e. The molecule has 0 atom stereocenters. The van der Waals surface area contributed by atoms with Gasteiger partial charge in [0, 0.05) is 16.8 Å². The second-order valence-electron chi connectivity index (χ2n) is 2.44. The Balaban J connectivity index is 2.73. The van der Waals surface area contributed by atoms with Crippen LogP contribution in [0.25, 0.3) is 0 Å². The summed E-state index contributed by atoms with van der Waals surface area (Å²) in [5, 5.41) is 8.62. The summed E-state index contributed by atoms with van der Waals surface area (Å²) in [7, 11) is 1.32. The van der Waals surface area contributed by atoms with Crippen molar-refractivity contribution >= 4 is 17.7 Å². The Morgan fingerprint density at radius 3 is 3.14 bits per heavy atom. The molecule has 1 rings (SSSR count). The monoisotopic (exact) mass is 213 g/mol. The number of thioether (sulfide) groups is 1. The number of nitrogens with zero attached hydrogens (tertiary/aromatic N) is 1. The van der Waals surface area contributed by atoms with Crippen LogP contribution >= 0.6 is 11.8 Å². The average molecular weight is 213 g/mol. The van der Waals surface area contributed by atoms with E-state index in [1.807, 2.05) is 0 Å². The lowest BCUT2D eigenvalue weighted by atomic mass is 10.3. The molecule has 5 heteroatoms. The summed E-state index contributed by atoms with van der Waals surface area (Å²) in [5.41, 5.74) is 0.287. The van der Waals surface area contributed by atoms with Crippen molar-refractivity contribution in [2.45, 2.75) is 4.90 Å². The Morgan fingerprint density at radius 2 is 2.50 bits per heavy atom. The Kier molecular flexibility index (Phi) is 4.42. The molecule has 1 heterocycles. The molecule has 14 heavy (non-hydrogen) atoms. The van der Waals surface area contributed by atoms with E-state index in [1.165, 1.54) is 18.9 Å². The van der Waals surface area contributed by atoms with Crippen molar-refractivity contribution in [3.8, 4) is 0 Å². The van der Waals surface area contributed by atoms with Crippen LogP contribution in [0.5, 0.6) is 0 Å². The largest absolute Gasteiger partial charge is 0.464 e. The zero-order valence-corrected chi connectivity index (χ0v) is 8.58. The maximum Gasteiger partial charge on any atom is 0.356 e. The van der Waals surface area contributed by atoms with E-state index in [1.54, 1.807) is 18.3 Å². The fraction of sp³-hybridized carbons (Fsp3) is 0.333. The van der Waals surface area contributed by atoms with Crippen LogP contribution in [0.4, 0.5) is 0 Å². The molecule has 0 aliphatic heterocycles. The summed E-state index contributed by atoms with van der Waals surface area (Å²) in [4.78, 5) is 15.9.